The molecule has 0 amide bonds. The number of hydrogen-bond acceptors (Lipinski definition) is 12. The predicted octanol–water partition coefficient (Wildman–Crippen LogP) is 11.1. The molecule has 1 saturated carbocycles. The fourth-order valence-corrected chi connectivity index (χ4v) is 8.92. The van der Waals surface area contributed by atoms with Crippen LogP contribution in [0.15, 0.2) is 141 Å². The van der Waals surface area contributed by atoms with Crippen LogP contribution in [0.4, 0.5) is 20.2 Å². The van der Waals surface area contributed by atoms with Gasteiger partial charge in [-0.25, -0.2) is 27.8 Å². The van der Waals surface area contributed by atoms with E-state index < -0.39 is 11.2 Å². The van der Waals surface area contributed by atoms with Crippen LogP contribution in [-0.4, -0.2) is 74.9 Å². The maximum Gasteiger partial charge on any atom is 0.177 e. The molecule has 1 aliphatic carbocycles. The quantitative estimate of drug-likeness (QED) is 0.0416. The molecule has 0 bridgehead atoms. The summed E-state index contributed by atoms with van der Waals surface area (Å²) in [5, 5.41) is 37.8. The molecule has 0 radical (unpaired) electrons. The Morgan fingerprint density at radius 3 is 1.58 bits per heavy atom. The number of hydrogen-bond donors (Lipinski definition) is 4. The number of nitrogens with one attached hydrogen (secondary N) is 2. The molecule has 0 atom stereocenters. The van der Waals surface area contributed by atoms with Crippen molar-refractivity contribution in [2.45, 2.75) is 78.0 Å². The Kier molecular flexibility index (Phi) is 14.0. The summed E-state index contributed by atoms with van der Waals surface area (Å²) in [6, 6.07) is 31.9. The topological polar surface area (TPSA) is 142 Å². The van der Waals surface area contributed by atoms with Crippen molar-refractivity contribution < 1.29 is 23.8 Å². The van der Waals surface area contributed by atoms with E-state index in [1.54, 1.807) is 73.4 Å². The number of rotatable bonds is 16. The molecule has 1 aliphatic rings. The molecule has 4 aromatic heterocycles. The van der Waals surface area contributed by atoms with E-state index >= 15 is 0 Å². The van der Waals surface area contributed by atoms with Crippen LogP contribution < -0.4 is 10.6 Å². The summed E-state index contributed by atoms with van der Waals surface area (Å²) in [7, 11) is 0. The molecule has 338 valence electrons. The van der Waals surface area contributed by atoms with Gasteiger partial charge in [0.25, 0.3) is 0 Å². The number of nitrogens with zero attached hydrogens (tertiary/aromatic N) is 6. The van der Waals surface area contributed by atoms with Crippen LogP contribution in [0.25, 0.3) is 33.8 Å². The Hall–Kier alpha value is -6.04. The van der Waals surface area contributed by atoms with Gasteiger partial charge in [0, 0.05) is 44.4 Å². The van der Waals surface area contributed by atoms with Crippen molar-refractivity contribution in [3.63, 3.8) is 0 Å². The minimum atomic E-state index is -0.920. The van der Waals surface area contributed by atoms with Gasteiger partial charge in [-0.1, -0.05) is 96.4 Å². The zero-order valence-corrected chi connectivity index (χ0v) is 39.2. The first-order valence-electron chi connectivity index (χ1n) is 21.3. The maximum atomic E-state index is 13.8. The van der Waals surface area contributed by atoms with Crippen LogP contribution in [-0.2, 0) is 0 Å². The van der Waals surface area contributed by atoms with Crippen molar-refractivity contribution in [1.29, 1.82) is 0 Å². The predicted molar refractivity (Wildman–Crippen MR) is 262 cm³/mol. The number of benzene rings is 4. The van der Waals surface area contributed by atoms with Gasteiger partial charge in [0.05, 0.1) is 46.4 Å². The molecular weight excluding hydrogens is 895 g/mol. The molecule has 4 heterocycles. The van der Waals surface area contributed by atoms with E-state index in [2.05, 4.69) is 44.9 Å². The van der Waals surface area contributed by atoms with E-state index in [-0.39, 0.29) is 11.6 Å². The molecular formula is C50H48F2N8O3S3. The number of imidazole rings is 2. The summed E-state index contributed by atoms with van der Waals surface area (Å²) in [6.45, 7) is 7.57. The Morgan fingerprint density at radius 1 is 0.712 bits per heavy atom. The molecule has 66 heavy (non-hydrogen) atoms. The van der Waals surface area contributed by atoms with Gasteiger partial charge >= 0.3 is 0 Å². The third-order valence-electron chi connectivity index (χ3n) is 10.4. The van der Waals surface area contributed by atoms with E-state index in [1.165, 1.54) is 60.6 Å². The monoisotopic (exact) mass is 942 g/mol. The Morgan fingerprint density at radius 2 is 1.17 bits per heavy atom. The summed E-state index contributed by atoms with van der Waals surface area (Å²) >= 11 is 8.33. The lowest BCUT2D eigenvalue weighted by atomic mass is 10.0. The van der Waals surface area contributed by atoms with Gasteiger partial charge in [0.15, 0.2) is 11.3 Å². The average Bonchev–Trinajstić information content (AvgIpc) is 3.83. The van der Waals surface area contributed by atoms with Crippen LogP contribution in [0.5, 0.6) is 0 Å². The summed E-state index contributed by atoms with van der Waals surface area (Å²) in [5.41, 5.74) is 5.97. The molecule has 0 aliphatic heterocycles. The lowest BCUT2D eigenvalue weighted by Crippen LogP contribution is -2.29. The third kappa shape index (κ3) is 12.0. The second kappa shape index (κ2) is 19.8. The number of fused-ring (bicyclic) bond motifs is 2. The second-order valence-corrected chi connectivity index (χ2v) is 20.1. The number of halogens is 2. The van der Waals surface area contributed by atoms with Crippen LogP contribution in [0, 0.1) is 17.6 Å². The van der Waals surface area contributed by atoms with Crippen molar-refractivity contribution in [3.05, 3.63) is 144 Å². The maximum absolute atomic E-state index is 13.8. The minimum Gasteiger partial charge on any atom is -0.389 e. The van der Waals surface area contributed by atoms with Crippen molar-refractivity contribution in [1.82, 2.24) is 29.2 Å². The highest BCUT2D eigenvalue weighted by molar-refractivity contribution is 7.99. The molecule has 4 N–H and O–H groups in total. The van der Waals surface area contributed by atoms with Gasteiger partial charge in [0.2, 0.25) is 0 Å². The standard InChI is InChI=1S/C27H27FN4OS2.C23H21FN4O2S/c1-27(2,33)16-30-22-14-25(35-21-5-3-4-20(28)13-21)31-32-23(15-29-26(22)32)18-8-10-19(11-9-18)24(34)12-17-6-7-17;1-23(2,30)14-26-19-11-21(31-18-5-3-4-17(24)10-18)27-28-20(12-25-22(19)28)16-8-6-15(13-29)7-9-16/h3-5,8-11,13-15,17,30,33H,6-7,12,16H2,1-2H3;3-13,26,30H,14H2,1-2H3. The van der Waals surface area contributed by atoms with Gasteiger partial charge in [-0.3, -0.25) is 4.79 Å². The van der Waals surface area contributed by atoms with Gasteiger partial charge in [-0.2, -0.15) is 10.2 Å². The Balaban J connectivity index is 0.000000181. The summed E-state index contributed by atoms with van der Waals surface area (Å²) in [6.07, 6.45) is 7.86. The lowest BCUT2D eigenvalue weighted by Gasteiger charge is -2.19. The van der Waals surface area contributed by atoms with Crippen LogP contribution in [0.2, 0.25) is 0 Å². The van der Waals surface area contributed by atoms with Crippen molar-refractivity contribution in [2.75, 3.05) is 23.7 Å². The second-order valence-electron chi connectivity index (χ2n) is 17.4. The van der Waals surface area contributed by atoms with E-state index in [0.717, 1.165) is 67.0 Å². The number of anilines is 2. The number of aromatic nitrogens is 6. The molecule has 16 heteroatoms. The Bertz CT molecular complexity index is 3020. The molecule has 1 fully saturated rings. The normalized spacial score (nSPS) is 12.8. The van der Waals surface area contributed by atoms with Crippen molar-refractivity contribution >= 4 is 69.6 Å². The molecule has 4 aromatic carbocycles. The zero-order valence-electron chi connectivity index (χ0n) is 36.7. The number of aldehydes is 1. The number of thiocarbonyl (C=S) groups is 1. The highest BCUT2D eigenvalue weighted by Gasteiger charge is 2.24. The highest BCUT2D eigenvalue weighted by Crippen LogP contribution is 2.36. The number of carbonyl (C=O) groups excluding carboxylic acids is 1. The van der Waals surface area contributed by atoms with Gasteiger partial charge in [0.1, 0.15) is 28.0 Å². The third-order valence-corrected chi connectivity index (χ3v) is 12.6. The number of aliphatic hydroxyl groups is 2. The van der Waals surface area contributed by atoms with E-state index in [1.807, 2.05) is 36.4 Å². The van der Waals surface area contributed by atoms with E-state index in [4.69, 9.17) is 22.4 Å². The first kappa shape index (κ1) is 46.5. The minimum absolute atomic E-state index is 0.292. The first-order valence-corrected chi connectivity index (χ1v) is 23.4. The molecule has 9 rings (SSSR count). The zero-order chi connectivity index (χ0) is 46.6. The summed E-state index contributed by atoms with van der Waals surface area (Å²) in [4.78, 5) is 22.6. The smallest absolute Gasteiger partial charge is 0.177 e. The van der Waals surface area contributed by atoms with Crippen LogP contribution in [0.3, 0.4) is 0 Å². The van der Waals surface area contributed by atoms with Crippen LogP contribution in [0.1, 0.15) is 62.9 Å². The van der Waals surface area contributed by atoms with E-state index in [0.29, 0.717) is 45.7 Å². The van der Waals surface area contributed by atoms with Gasteiger partial charge in [-0.15, -0.1) is 0 Å². The fraction of sp³-hybridized carbons (Fsp3) is 0.240. The fourth-order valence-electron chi connectivity index (χ4n) is 6.83. The molecule has 0 spiro atoms. The summed E-state index contributed by atoms with van der Waals surface area (Å²) < 4.78 is 30.9. The summed E-state index contributed by atoms with van der Waals surface area (Å²) in [5.74, 6) is 0.151. The molecule has 8 aromatic rings. The number of carbonyl (C=O) groups is 1. The van der Waals surface area contributed by atoms with Crippen LogP contribution >= 0.6 is 35.7 Å². The van der Waals surface area contributed by atoms with Gasteiger partial charge in [-0.05, 0) is 107 Å². The first-order chi connectivity index (χ1) is 31.6. The molecule has 0 saturated heterocycles. The largest absolute Gasteiger partial charge is 0.389 e. The SMILES string of the molecule is CC(C)(O)CNc1cc(Sc2cccc(F)c2)nn2c(-c3ccc(C(=S)CC4CC4)cc3)cnc12.CC(C)(O)CNc1cc(Sc2cccc(F)c2)nn2c(-c3ccc(C=O)cc3)cnc12. The highest BCUT2D eigenvalue weighted by atomic mass is 32.2. The lowest BCUT2D eigenvalue weighted by molar-refractivity contribution is 0.0939. The average molecular weight is 943 g/mol. The molecule has 11 nitrogen and oxygen atoms in total. The van der Waals surface area contributed by atoms with E-state index in [9.17, 15) is 23.8 Å². The van der Waals surface area contributed by atoms with Crippen molar-refractivity contribution in [3.8, 4) is 22.5 Å². The van der Waals surface area contributed by atoms with Crippen molar-refractivity contribution in [2.24, 2.45) is 5.92 Å². The Labute approximate surface area is 395 Å². The van der Waals surface area contributed by atoms with Gasteiger partial charge < -0.3 is 20.8 Å². The molecule has 0 unspecified atom stereocenters.